The predicted octanol–water partition coefficient (Wildman–Crippen LogP) is 1.84. The van der Waals surface area contributed by atoms with Gasteiger partial charge in [-0.25, -0.2) is 0 Å². The first-order chi connectivity index (χ1) is 9.20. The van der Waals surface area contributed by atoms with E-state index in [0.29, 0.717) is 0 Å². The number of ether oxygens (including phenoxy) is 1. The number of nitrogens with two attached hydrogens (primary N) is 1. The molecule has 1 saturated carbocycles. The van der Waals surface area contributed by atoms with Gasteiger partial charge in [0.25, 0.3) is 0 Å². The first-order valence-corrected chi connectivity index (χ1v) is 7.48. The molecule has 5 heteroatoms. The number of hydrogen-bond acceptors (Lipinski definition) is 4. The fraction of sp³-hybridized carbons (Fsp3) is 0.867. The Labute approximate surface area is 121 Å². The number of carbonyl (C=O) groups excluding carboxylic acids is 2. The maximum absolute atomic E-state index is 12.2. The van der Waals surface area contributed by atoms with E-state index in [1.54, 1.807) is 11.8 Å². The summed E-state index contributed by atoms with van der Waals surface area (Å²) < 4.78 is 5.32. The number of hydrogen-bond donors (Lipinski definition) is 1. The van der Waals surface area contributed by atoms with Crippen LogP contribution in [0.5, 0.6) is 0 Å². The number of nitrogens with zero attached hydrogens (tertiary/aromatic N) is 1. The summed E-state index contributed by atoms with van der Waals surface area (Å²) in [6, 6.07) is -0.464. The van der Waals surface area contributed by atoms with Crippen molar-refractivity contribution in [1.29, 1.82) is 0 Å². The highest BCUT2D eigenvalue weighted by atomic mass is 16.6. The third-order valence-corrected chi connectivity index (χ3v) is 3.41. The molecule has 0 bridgehead atoms. The summed E-state index contributed by atoms with van der Waals surface area (Å²) in [6.45, 7) is 7.13. The summed E-state index contributed by atoms with van der Waals surface area (Å²) in [5.41, 5.74) is 5.17. The number of rotatable bonds is 4. The van der Waals surface area contributed by atoms with E-state index >= 15 is 0 Å². The Balaban J connectivity index is 2.72. The van der Waals surface area contributed by atoms with E-state index in [9.17, 15) is 9.59 Å². The van der Waals surface area contributed by atoms with Gasteiger partial charge in [-0.05, 0) is 40.5 Å². The zero-order chi connectivity index (χ0) is 15.3. The normalized spacial score (nSPS) is 18.4. The molecule has 1 rings (SSSR count). The first-order valence-electron chi connectivity index (χ1n) is 7.48. The van der Waals surface area contributed by atoms with Gasteiger partial charge in [0, 0.05) is 6.04 Å². The molecular weight excluding hydrogens is 256 g/mol. The van der Waals surface area contributed by atoms with E-state index in [4.69, 9.17) is 10.5 Å². The summed E-state index contributed by atoms with van der Waals surface area (Å²) >= 11 is 0. The van der Waals surface area contributed by atoms with Crippen molar-refractivity contribution in [3.8, 4) is 0 Å². The zero-order valence-electron chi connectivity index (χ0n) is 13.1. The van der Waals surface area contributed by atoms with Crippen molar-refractivity contribution in [2.45, 2.75) is 77.5 Å². The van der Waals surface area contributed by atoms with Crippen LogP contribution < -0.4 is 5.73 Å². The second-order valence-electron chi connectivity index (χ2n) is 6.63. The lowest BCUT2D eigenvalue weighted by Crippen LogP contribution is -2.51. The standard InChI is InChI=1S/C15H28N2O3/c1-11(16)14(19)17(12-8-6-5-7-9-12)10-13(18)20-15(2,3)4/h11-12H,5-10,16H2,1-4H3/t11-/m0/s1. The Bertz CT molecular complexity index is 342. The highest BCUT2D eigenvalue weighted by molar-refractivity contribution is 5.85. The van der Waals surface area contributed by atoms with Crippen molar-refractivity contribution < 1.29 is 14.3 Å². The molecular formula is C15H28N2O3. The van der Waals surface area contributed by atoms with E-state index in [2.05, 4.69) is 0 Å². The third kappa shape index (κ3) is 5.49. The Morgan fingerprint density at radius 1 is 1.25 bits per heavy atom. The van der Waals surface area contributed by atoms with Gasteiger partial charge in [0.2, 0.25) is 5.91 Å². The van der Waals surface area contributed by atoms with Gasteiger partial charge in [0.15, 0.2) is 0 Å². The second-order valence-corrected chi connectivity index (χ2v) is 6.63. The molecule has 0 saturated heterocycles. The number of amides is 1. The van der Waals surface area contributed by atoms with E-state index in [0.717, 1.165) is 25.7 Å². The summed E-state index contributed by atoms with van der Waals surface area (Å²) in [5.74, 6) is -0.528. The van der Waals surface area contributed by atoms with E-state index in [1.807, 2.05) is 20.8 Å². The van der Waals surface area contributed by atoms with Gasteiger partial charge in [-0.3, -0.25) is 9.59 Å². The van der Waals surface area contributed by atoms with Crippen LogP contribution in [0.25, 0.3) is 0 Å². The van der Waals surface area contributed by atoms with Gasteiger partial charge in [-0.2, -0.15) is 0 Å². The molecule has 1 atom stereocenters. The fourth-order valence-electron chi connectivity index (χ4n) is 2.55. The zero-order valence-corrected chi connectivity index (χ0v) is 13.1. The van der Waals surface area contributed by atoms with Gasteiger partial charge in [-0.15, -0.1) is 0 Å². The van der Waals surface area contributed by atoms with Crippen molar-refractivity contribution in [2.24, 2.45) is 5.73 Å². The molecule has 0 radical (unpaired) electrons. The van der Waals surface area contributed by atoms with Crippen LogP contribution in [-0.4, -0.2) is 41.0 Å². The highest BCUT2D eigenvalue weighted by Gasteiger charge is 2.30. The Morgan fingerprint density at radius 3 is 2.25 bits per heavy atom. The molecule has 1 amide bonds. The molecule has 20 heavy (non-hydrogen) atoms. The smallest absolute Gasteiger partial charge is 0.326 e. The summed E-state index contributed by atoms with van der Waals surface area (Å²) in [4.78, 5) is 25.8. The van der Waals surface area contributed by atoms with Crippen molar-refractivity contribution in [3.63, 3.8) is 0 Å². The molecule has 0 spiro atoms. The number of carbonyl (C=O) groups is 2. The predicted molar refractivity (Wildman–Crippen MR) is 78.1 cm³/mol. The van der Waals surface area contributed by atoms with Crippen molar-refractivity contribution in [3.05, 3.63) is 0 Å². The molecule has 1 fully saturated rings. The van der Waals surface area contributed by atoms with Crippen LogP contribution in [0.15, 0.2) is 0 Å². The molecule has 0 aromatic carbocycles. The minimum atomic E-state index is -0.584. The average Bonchev–Trinajstić information content (AvgIpc) is 2.34. The van der Waals surface area contributed by atoms with Crippen LogP contribution in [0.3, 0.4) is 0 Å². The van der Waals surface area contributed by atoms with Gasteiger partial charge in [-0.1, -0.05) is 19.3 Å². The second kappa shape index (κ2) is 7.07. The minimum Gasteiger partial charge on any atom is -0.459 e. The Hall–Kier alpha value is -1.10. The molecule has 116 valence electrons. The molecule has 1 aliphatic rings. The third-order valence-electron chi connectivity index (χ3n) is 3.41. The summed E-state index contributed by atoms with van der Waals surface area (Å²) in [6.07, 6.45) is 5.29. The molecule has 0 heterocycles. The first kappa shape index (κ1) is 17.0. The Kier molecular flexibility index (Phi) is 5.99. The van der Waals surface area contributed by atoms with Crippen LogP contribution in [-0.2, 0) is 14.3 Å². The molecule has 0 unspecified atom stereocenters. The van der Waals surface area contributed by atoms with Crippen molar-refractivity contribution in [2.75, 3.05) is 6.54 Å². The molecule has 2 N–H and O–H groups in total. The average molecular weight is 284 g/mol. The summed E-state index contributed by atoms with van der Waals surface area (Å²) in [5, 5.41) is 0. The lowest BCUT2D eigenvalue weighted by molar-refractivity contribution is -0.160. The van der Waals surface area contributed by atoms with Gasteiger partial charge >= 0.3 is 5.97 Å². The molecule has 0 aliphatic heterocycles. The van der Waals surface area contributed by atoms with E-state index in [1.165, 1.54) is 6.42 Å². The molecule has 5 nitrogen and oxygen atoms in total. The SMILES string of the molecule is C[C@H](N)C(=O)N(CC(=O)OC(C)(C)C)C1CCCCC1. The van der Waals surface area contributed by atoms with Crippen molar-refractivity contribution in [1.82, 2.24) is 4.90 Å². The van der Waals surface area contributed by atoms with Gasteiger partial charge in [0.1, 0.15) is 12.1 Å². The van der Waals surface area contributed by atoms with Crippen LogP contribution in [0.1, 0.15) is 59.8 Å². The maximum atomic E-state index is 12.2. The molecule has 0 aromatic rings. The largest absolute Gasteiger partial charge is 0.459 e. The van der Waals surface area contributed by atoms with Crippen LogP contribution in [0, 0.1) is 0 Å². The van der Waals surface area contributed by atoms with Crippen LogP contribution in [0.2, 0.25) is 0 Å². The van der Waals surface area contributed by atoms with Crippen LogP contribution in [0.4, 0.5) is 0 Å². The topological polar surface area (TPSA) is 72.6 Å². The highest BCUT2D eigenvalue weighted by Crippen LogP contribution is 2.23. The monoisotopic (exact) mass is 284 g/mol. The van der Waals surface area contributed by atoms with Crippen LogP contribution >= 0.6 is 0 Å². The van der Waals surface area contributed by atoms with Gasteiger partial charge in [0.05, 0.1) is 6.04 Å². The fourth-order valence-corrected chi connectivity index (χ4v) is 2.55. The van der Waals surface area contributed by atoms with Gasteiger partial charge < -0.3 is 15.4 Å². The number of esters is 1. The maximum Gasteiger partial charge on any atom is 0.326 e. The van der Waals surface area contributed by atoms with Crippen molar-refractivity contribution >= 4 is 11.9 Å². The molecule has 1 aliphatic carbocycles. The van der Waals surface area contributed by atoms with E-state index < -0.39 is 11.6 Å². The minimum absolute atomic E-state index is 0.00229. The van der Waals surface area contributed by atoms with E-state index in [-0.39, 0.29) is 24.5 Å². The molecule has 0 aromatic heterocycles. The lowest BCUT2D eigenvalue weighted by atomic mass is 9.93. The summed E-state index contributed by atoms with van der Waals surface area (Å²) in [7, 11) is 0. The quantitative estimate of drug-likeness (QED) is 0.799. The Morgan fingerprint density at radius 2 is 1.80 bits per heavy atom. The lowest BCUT2D eigenvalue weighted by Gasteiger charge is -2.35.